The van der Waals surface area contributed by atoms with E-state index in [-0.39, 0.29) is 0 Å². The molecular weight excluding hydrogens is 136 g/mol. The van der Waals surface area contributed by atoms with Crippen molar-refractivity contribution in [3.63, 3.8) is 0 Å². The van der Waals surface area contributed by atoms with Gasteiger partial charge in [-0.1, -0.05) is 35.0 Å². The Hall–Kier alpha value is -0.823. The molecule has 0 unspecified atom stereocenters. The zero-order valence-electron chi connectivity index (χ0n) is 6.09. The monoisotopic (exact) mass is 146 g/mol. The molecule has 0 aliphatic heterocycles. The molecule has 1 aromatic carbocycles. The van der Waals surface area contributed by atoms with Crippen molar-refractivity contribution in [3.8, 4) is 0 Å². The van der Waals surface area contributed by atoms with Crippen molar-refractivity contribution in [3.05, 3.63) is 42.1 Å². The van der Waals surface area contributed by atoms with Crippen LogP contribution in [0.5, 0.6) is 0 Å². The van der Waals surface area contributed by atoms with E-state index in [9.17, 15) is 0 Å². The Labute approximate surface area is 64.4 Å². The lowest BCUT2D eigenvalue weighted by Crippen LogP contribution is -2.10. The molecule has 2 radical (unpaired) electrons. The Balaban J connectivity index is 2.84. The third-order valence-electron chi connectivity index (χ3n) is 1.29. The third kappa shape index (κ3) is 1.85. The van der Waals surface area contributed by atoms with Crippen LogP contribution in [0.2, 0.25) is 0 Å². The van der Waals surface area contributed by atoms with Gasteiger partial charge in [-0.05, 0) is 6.92 Å². The highest BCUT2D eigenvalue weighted by atomic mass is 28.2. The molecular formula is C9H10Si. The summed E-state index contributed by atoms with van der Waals surface area (Å²) < 4.78 is 0. The largest absolute Gasteiger partial charge is 0.111 e. The lowest BCUT2D eigenvalue weighted by molar-refractivity contribution is 1.49. The molecule has 1 heteroatoms. The molecule has 0 saturated carbocycles. The smallest absolute Gasteiger partial charge is 0.107 e. The van der Waals surface area contributed by atoms with E-state index in [1.807, 2.05) is 5.70 Å². The molecule has 0 nitrogen and oxygen atoms in total. The molecule has 0 bridgehead atoms. The minimum atomic E-state index is 0.747. The van der Waals surface area contributed by atoms with Crippen LogP contribution in [-0.4, -0.2) is 9.52 Å². The van der Waals surface area contributed by atoms with E-state index < -0.39 is 0 Å². The summed E-state index contributed by atoms with van der Waals surface area (Å²) in [6.45, 7) is 5.81. The predicted molar refractivity (Wildman–Crippen MR) is 46.8 cm³/mol. The van der Waals surface area contributed by atoms with E-state index in [1.54, 1.807) is 0 Å². The molecule has 0 aliphatic rings. The molecule has 1 aromatic rings. The van der Waals surface area contributed by atoms with Crippen LogP contribution in [0.1, 0.15) is 5.56 Å². The molecule has 0 aromatic heterocycles. The van der Waals surface area contributed by atoms with Gasteiger partial charge >= 0.3 is 0 Å². The molecule has 0 heterocycles. The highest BCUT2D eigenvalue weighted by Crippen LogP contribution is 1.91. The van der Waals surface area contributed by atoms with Crippen LogP contribution in [-0.2, 0) is 0 Å². The van der Waals surface area contributed by atoms with E-state index >= 15 is 0 Å². The number of aryl methyl sites for hydroxylation is 1. The maximum atomic E-state index is 3.70. The zero-order valence-corrected chi connectivity index (χ0v) is 7.09. The summed E-state index contributed by atoms with van der Waals surface area (Å²) in [5.41, 5.74) is 3.28. The van der Waals surface area contributed by atoms with Crippen LogP contribution in [0.25, 0.3) is 0 Å². The fourth-order valence-electron chi connectivity index (χ4n) is 0.853. The van der Waals surface area contributed by atoms with Gasteiger partial charge in [0, 0.05) is 0 Å². The molecule has 0 aliphatic carbocycles. The molecule has 0 spiro atoms. The van der Waals surface area contributed by atoms with Crippen molar-refractivity contribution in [1.29, 1.82) is 0 Å². The van der Waals surface area contributed by atoms with Crippen LogP contribution >= 0.6 is 0 Å². The summed E-state index contributed by atoms with van der Waals surface area (Å²) in [5.74, 6) is 0. The normalized spacial score (nSPS) is 9.30. The van der Waals surface area contributed by atoms with Gasteiger partial charge in [0.2, 0.25) is 0 Å². The SMILES string of the molecule is C=C[Si]c1cccc(C)c1. The second-order valence-electron chi connectivity index (χ2n) is 2.22. The first-order valence-electron chi connectivity index (χ1n) is 3.27. The highest BCUT2D eigenvalue weighted by molar-refractivity contribution is 6.58. The summed E-state index contributed by atoms with van der Waals surface area (Å²) in [5, 5.41) is 1.37. The van der Waals surface area contributed by atoms with Gasteiger partial charge in [0.25, 0.3) is 0 Å². The van der Waals surface area contributed by atoms with Crippen LogP contribution < -0.4 is 5.19 Å². The van der Waals surface area contributed by atoms with E-state index in [1.165, 1.54) is 10.8 Å². The second kappa shape index (κ2) is 3.37. The number of hydrogen-bond donors (Lipinski definition) is 0. The van der Waals surface area contributed by atoms with Gasteiger partial charge in [-0.3, -0.25) is 0 Å². The number of rotatable bonds is 2. The summed E-state index contributed by atoms with van der Waals surface area (Å²) >= 11 is 0. The Morgan fingerprint density at radius 2 is 2.30 bits per heavy atom. The highest BCUT2D eigenvalue weighted by Gasteiger charge is 1.88. The summed E-state index contributed by atoms with van der Waals surface area (Å²) in [6.07, 6.45) is 0. The van der Waals surface area contributed by atoms with Crippen molar-refractivity contribution >= 4 is 14.7 Å². The van der Waals surface area contributed by atoms with Crippen LogP contribution in [0.15, 0.2) is 36.5 Å². The van der Waals surface area contributed by atoms with Crippen LogP contribution in [0.3, 0.4) is 0 Å². The number of benzene rings is 1. The minimum Gasteiger partial charge on any atom is -0.107 e. The first-order chi connectivity index (χ1) is 4.83. The van der Waals surface area contributed by atoms with E-state index in [4.69, 9.17) is 0 Å². The topological polar surface area (TPSA) is 0 Å². The van der Waals surface area contributed by atoms with Gasteiger partial charge in [0.15, 0.2) is 0 Å². The first kappa shape index (κ1) is 7.29. The fraction of sp³-hybridized carbons (Fsp3) is 0.111. The van der Waals surface area contributed by atoms with Crippen LogP contribution in [0, 0.1) is 6.92 Å². The van der Waals surface area contributed by atoms with Crippen molar-refractivity contribution in [2.24, 2.45) is 0 Å². The molecule has 0 atom stereocenters. The predicted octanol–water partition coefficient (Wildman–Crippen LogP) is 1.47. The van der Waals surface area contributed by atoms with Gasteiger partial charge in [-0.25, -0.2) is 0 Å². The molecule has 0 amide bonds. The molecule has 1 rings (SSSR count). The van der Waals surface area contributed by atoms with E-state index in [2.05, 4.69) is 37.8 Å². The average Bonchev–Trinajstić information content (AvgIpc) is 1.88. The maximum Gasteiger partial charge on any atom is 0.111 e. The Kier molecular flexibility index (Phi) is 2.46. The standard InChI is InChI=1S/C9H10Si/c1-3-10-9-6-4-5-8(2)7-9/h3-7H,1H2,2H3. The van der Waals surface area contributed by atoms with E-state index in [0.717, 1.165) is 9.52 Å². The number of hydrogen-bond acceptors (Lipinski definition) is 0. The zero-order chi connectivity index (χ0) is 7.40. The van der Waals surface area contributed by atoms with Gasteiger partial charge in [-0.2, -0.15) is 0 Å². The van der Waals surface area contributed by atoms with Gasteiger partial charge in [-0.15, -0.1) is 12.3 Å². The summed E-state index contributed by atoms with van der Waals surface area (Å²) in [4.78, 5) is 0. The van der Waals surface area contributed by atoms with Crippen molar-refractivity contribution in [2.45, 2.75) is 6.92 Å². The average molecular weight is 146 g/mol. The first-order valence-corrected chi connectivity index (χ1v) is 4.35. The van der Waals surface area contributed by atoms with Gasteiger partial charge in [0.05, 0.1) is 0 Å². The maximum absolute atomic E-state index is 3.70. The fourth-order valence-corrected chi connectivity index (χ4v) is 1.59. The summed E-state index contributed by atoms with van der Waals surface area (Å²) in [7, 11) is 0.747. The van der Waals surface area contributed by atoms with Crippen LogP contribution in [0.4, 0.5) is 0 Å². The summed E-state index contributed by atoms with van der Waals surface area (Å²) in [6, 6.07) is 8.52. The third-order valence-corrected chi connectivity index (χ3v) is 2.14. The lowest BCUT2D eigenvalue weighted by atomic mass is 10.2. The van der Waals surface area contributed by atoms with Gasteiger partial charge in [0.1, 0.15) is 9.52 Å². The Morgan fingerprint density at radius 1 is 1.50 bits per heavy atom. The van der Waals surface area contributed by atoms with Gasteiger partial charge < -0.3 is 0 Å². The minimum absolute atomic E-state index is 0.747. The quantitative estimate of drug-likeness (QED) is 0.554. The second-order valence-corrected chi connectivity index (χ2v) is 3.49. The Bertz CT molecular complexity index is 228. The molecule has 0 fully saturated rings. The lowest BCUT2D eigenvalue weighted by Gasteiger charge is -1.95. The Morgan fingerprint density at radius 3 is 2.90 bits per heavy atom. The molecule has 0 saturated heterocycles. The van der Waals surface area contributed by atoms with Crippen molar-refractivity contribution < 1.29 is 0 Å². The molecule has 0 N–H and O–H groups in total. The molecule has 10 heavy (non-hydrogen) atoms. The van der Waals surface area contributed by atoms with E-state index in [0.29, 0.717) is 0 Å². The molecule has 50 valence electrons. The van der Waals surface area contributed by atoms with Crippen molar-refractivity contribution in [2.75, 3.05) is 0 Å². The van der Waals surface area contributed by atoms with Crippen molar-refractivity contribution in [1.82, 2.24) is 0 Å².